The molecule has 1 aliphatic heterocycles. The molecule has 0 radical (unpaired) electrons. The second-order valence-corrected chi connectivity index (χ2v) is 6.61. The minimum Gasteiger partial charge on any atom is -0.378 e. The van der Waals surface area contributed by atoms with Crippen LogP contribution >= 0.6 is 0 Å². The van der Waals surface area contributed by atoms with Crippen LogP contribution in [0.1, 0.15) is 58.8 Å². The number of hydrogen-bond acceptors (Lipinski definition) is 3. The van der Waals surface area contributed by atoms with Crippen LogP contribution in [-0.4, -0.2) is 49.2 Å². The summed E-state index contributed by atoms with van der Waals surface area (Å²) in [7, 11) is 0. The second-order valence-electron chi connectivity index (χ2n) is 6.61. The zero-order valence-corrected chi connectivity index (χ0v) is 13.8. The van der Waals surface area contributed by atoms with E-state index in [4.69, 9.17) is 4.74 Å². The lowest BCUT2D eigenvalue weighted by atomic mass is 9.79. The summed E-state index contributed by atoms with van der Waals surface area (Å²) < 4.78 is 5.58. The predicted molar refractivity (Wildman–Crippen MR) is 85.3 cm³/mol. The molecule has 1 unspecified atom stereocenters. The molecular weight excluding hydrogens is 264 g/mol. The SMILES string of the molecule is CCCN(CC1CCCCN1)C(=O)CC1CC(OCC)C1. The smallest absolute Gasteiger partial charge is 0.222 e. The summed E-state index contributed by atoms with van der Waals surface area (Å²) in [6, 6.07) is 0.506. The first-order valence-electron chi connectivity index (χ1n) is 8.85. The molecular formula is C17H32N2O2. The highest BCUT2D eigenvalue weighted by atomic mass is 16.5. The summed E-state index contributed by atoms with van der Waals surface area (Å²) in [5.74, 6) is 0.900. The molecule has 21 heavy (non-hydrogen) atoms. The van der Waals surface area contributed by atoms with E-state index in [1.54, 1.807) is 0 Å². The predicted octanol–water partition coefficient (Wildman–Crippen LogP) is 2.57. The van der Waals surface area contributed by atoms with Gasteiger partial charge in [-0.3, -0.25) is 4.79 Å². The Kier molecular flexibility index (Phi) is 6.97. The number of ether oxygens (including phenoxy) is 1. The third-order valence-electron chi connectivity index (χ3n) is 4.76. The number of nitrogens with one attached hydrogen (secondary N) is 1. The van der Waals surface area contributed by atoms with Crippen molar-refractivity contribution in [2.24, 2.45) is 5.92 Å². The molecule has 1 saturated heterocycles. The Hall–Kier alpha value is -0.610. The number of rotatable bonds is 8. The molecule has 2 fully saturated rings. The van der Waals surface area contributed by atoms with E-state index in [1.165, 1.54) is 19.3 Å². The van der Waals surface area contributed by atoms with Gasteiger partial charge >= 0.3 is 0 Å². The van der Waals surface area contributed by atoms with Crippen molar-refractivity contribution in [3.8, 4) is 0 Å². The van der Waals surface area contributed by atoms with E-state index in [9.17, 15) is 4.79 Å². The average molecular weight is 296 g/mol. The maximum Gasteiger partial charge on any atom is 0.222 e. The molecule has 4 nitrogen and oxygen atoms in total. The molecule has 122 valence electrons. The minimum absolute atomic E-state index is 0.351. The Morgan fingerprint density at radius 2 is 2.10 bits per heavy atom. The van der Waals surface area contributed by atoms with Crippen LogP contribution in [0, 0.1) is 5.92 Å². The van der Waals surface area contributed by atoms with Gasteiger partial charge in [0.1, 0.15) is 0 Å². The number of amides is 1. The van der Waals surface area contributed by atoms with E-state index < -0.39 is 0 Å². The van der Waals surface area contributed by atoms with Gasteiger partial charge < -0.3 is 15.0 Å². The number of piperidine rings is 1. The van der Waals surface area contributed by atoms with E-state index in [0.717, 1.165) is 51.9 Å². The van der Waals surface area contributed by atoms with Gasteiger partial charge in [-0.1, -0.05) is 13.3 Å². The Labute approximate surface area is 129 Å². The van der Waals surface area contributed by atoms with Gasteiger partial charge in [0.25, 0.3) is 0 Å². The molecule has 4 heteroatoms. The molecule has 0 spiro atoms. The lowest BCUT2D eigenvalue weighted by Gasteiger charge is -2.36. The molecule has 2 aliphatic rings. The summed E-state index contributed by atoms with van der Waals surface area (Å²) in [5.41, 5.74) is 0. The van der Waals surface area contributed by atoms with Crippen molar-refractivity contribution in [2.45, 2.75) is 70.9 Å². The summed E-state index contributed by atoms with van der Waals surface area (Å²) in [6.45, 7) is 7.90. The van der Waals surface area contributed by atoms with Crippen molar-refractivity contribution in [2.75, 3.05) is 26.2 Å². The van der Waals surface area contributed by atoms with Crippen LogP contribution in [0.4, 0.5) is 0 Å². The molecule has 0 aromatic carbocycles. The van der Waals surface area contributed by atoms with Crippen LogP contribution in [-0.2, 0) is 9.53 Å². The molecule has 1 atom stereocenters. The van der Waals surface area contributed by atoms with Crippen LogP contribution in [0.3, 0.4) is 0 Å². The van der Waals surface area contributed by atoms with Crippen LogP contribution in [0.25, 0.3) is 0 Å². The van der Waals surface area contributed by atoms with Gasteiger partial charge in [-0.15, -0.1) is 0 Å². The van der Waals surface area contributed by atoms with E-state index in [-0.39, 0.29) is 0 Å². The molecule has 2 rings (SSSR count). The number of carbonyl (C=O) groups excluding carboxylic acids is 1. The third-order valence-corrected chi connectivity index (χ3v) is 4.76. The minimum atomic E-state index is 0.351. The van der Waals surface area contributed by atoms with E-state index >= 15 is 0 Å². The zero-order valence-electron chi connectivity index (χ0n) is 13.8. The first-order chi connectivity index (χ1) is 10.2. The lowest BCUT2D eigenvalue weighted by Crippen LogP contribution is -2.47. The first kappa shape index (κ1) is 16.8. The first-order valence-corrected chi connectivity index (χ1v) is 8.85. The molecule has 0 bridgehead atoms. The van der Waals surface area contributed by atoms with E-state index in [1.807, 2.05) is 6.92 Å². The fourth-order valence-corrected chi connectivity index (χ4v) is 3.52. The molecule has 1 saturated carbocycles. The highest BCUT2D eigenvalue weighted by Gasteiger charge is 2.32. The summed E-state index contributed by atoms with van der Waals surface area (Å²) in [4.78, 5) is 14.6. The highest BCUT2D eigenvalue weighted by Crippen LogP contribution is 2.33. The fourth-order valence-electron chi connectivity index (χ4n) is 3.52. The number of hydrogen-bond donors (Lipinski definition) is 1. The van der Waals surface area contributed by atoms with Gasteiger partial charge in [0.15, 0.2) is 0 Å². The van der Waals surface area contributed by atoms with Crippen molar-refractivity contribution in [1.29, 1.82) is 0 Å². The quantitative estimate of drug-likeness (QED) is 0.748. The van der Waals surface area contributed by atoms with E-state index in [0.29, 0.717) is 24.0 Å². The second kappa shape index (κ2) is 8.74. The fraction of sp³-hybridized carbons (Fsp3) is 0.941. The zero-order chi connectivity index (χ0) is 15.1. The third kappa shape index (κ3) is 5.26. The maximum absolute atomic E-state index is 12.5. The molecule has 0 aromatic rings. The van der Waals surface area contributed by atoms with Crippen molar-refractivity contribution in [1.82, 2.24) is 10.2 Å². The van der Waals surface area contributed by atoms with Gasteiger partial charge in [0.2, 0.25) is 5.91 Å². The maximum atomic E-state index is 12.5. The highest BCUT2D eigenvalue weighted by molar-refractivity contribution is 5.76. The molecule has 1 amide bonds. The van der Waals surface area contributed by atoms with Gasteiger partial charge in [0, 0.05) is 32.2 Å². The molecule has 1 N–H and O–H groups in total. The largest absolute Gasteiger partial charge is 0.378 e. The number of carbonyl (C=O) groups is 1. The Morgan fingerprint density at radius 1 is 1.29 bits per heavy atom. The van der Waals surface area contributed by atoms with Crippen molar-refractivity contribution >= 4 is 5.91 Å². The average Bonchev–Trinajstić information content (AvgIpc) is 2.45. The van der Waals surface area contributed by atoms with Gasteiger partial charge in [-0.2, -0.15) is 0 Å². The Bertz CT molecular complexity index is 310. The van der Waals surface area contributed by atoms with Crippen LogP contribution in [0.5, 0.6) is 0 Å². The number of nitrogens with zero attached hydrogens (tertiary/aromatic N) is 1. The van der Waals surface area contributed by atoms with Gasteiger partial charge in [-0.05, 0) is 51.5 Å². The molecule has 0 aromatic heterocycles. The van der Waals surface area contributed by atoms with Crippen LogP contribution in [0.15, 0.2) is 0 Å². The summed E-state index contributed by atoms with van der Waals surface area (Å²) >= 11 is 0. The normalized spacial score (nSPS) is 29.0. The molecule has 1 heterocycles. The topological polar surface area (TPSA) is 41.6 Å². The summed E-state index contributed by atoms with van der Waals surface area (Å²) in [5, 5.41) is 3.55. The van der Waals surface area contributed by atoms with Gasteiger partial charge in [-0.25, -0.2) is 0 Å². The van der Waals surface area contributed by atoms with E-state index in [2.05, 4.69) is 17.1 Å². The summed E-state index contributed by atoms with van der Waals surface area (Å²) in [6.07, 6.45) is 8.10. The van der Waals surface area contributed by atoms with Crippen LogP contribution in [0.2, 0.25) is 0 Å². The van der Waals surface area contributed by atoms with Crippen LogP contribution < -0.4 is 5.32 Å². The molecule has 1 aliphatic carbocycles. The van der Waals surface area contributed by atoms with Crippen molar-refractivity contribution in [3.05, 3.63) is 0 Å². The monoisotopic (exact) mass is 296 g/mol. The van der Waals surface area contributed by atoms with Gasteiger partial charge in [0.05, 0.1) is 6.10 Å². The van der Waals surface area contributed by atoms with Crippen molar-refractivity contribution < 1.29 is 9.53 Å². The lowest BCUT2D eigenvalue weighted by molar-refractivity contribution is -0.135. The Morgan fingerprint density at radius 3 is 2.71 bits per heavy atom. The standard InChI is InChI=1S/C17H32N2O2/c1-3-9-19(13-15-7-5-6-8-18-15)17(20)12-14-10-16(11-14)21-4-2/h14-16,18H,3-13H2,1-2H3. The van der Waals surface area contributed by atoms with Crippen molar-refractivity contribution in [3.63, 3.8) is 0 Å². The Balaban J connectivity index is 1.73.